The normalized spacial score (nSPS) is 18.9. The number of rotatable bonds is 3. The number of pyridine rings is 1. The van der Waals surface area contributed by atoms with E-state index >= 15 is 0 Å². The molecule has 2 amide bonds. The molecular formula is C12H15N3O3. The lowest BCUT2D eigenvalue weighted by Gasteiger charge is -2.11. The van der Waals surface area contributed by atoms with Crippen molar-refractivity contribution in [3.8, 4) is 5.88 Å². The number of ether oxygens (including phenoxy) is 1. The molecule has 1 N–H and O–H groups in total. The van der Waals surface area contributed by atoms with Crippen molar-refractivity contribution >= 4 is 17.5 Å². The zero-order valence-corrected chi connectivity index (χ0v) is 10.3. The van der Waals surface area contributed by atoms with E-state index in [2.05, 4.69) is 10.3 Å². The Balaban J connectivity index is 1.96. The summed E-state index contributed by atoms with van der Waals surface area (Å²) in [4.78, 5) is 28.8. The lowest BCUT2D eigenvalue weighted by molar-refractivity contribution is -0.127. The number of methoxy groups -OCH3 is 1. The first-order chi connectivity index (χ1) is 8.60. The van der Waals surface area contributed by atoms with E-state index in [9.17, 15) is 9.59 Å². The predicted molar refractivity (Wildman–Crippen MR) is 65.2 cm³/mol. The molecule has 18 heavy (non-hydrogen) atoms. The van der Waals surface area contributed by atoms with Gasteiger partial charge in [-0.25, -0.2) is 4.98 Å². The maximum atomic E-state index is 11.9. The van der Waals surface area contributed by atoms with Crippen molar-refractivity contribution < 1.29 is 14.3 Å². The van der Waals surface area contributed by atoms with E-state index in [4.69, 9.17) is 4.74 Å². The highest BCUT2D eigenvalue weighted by Crippen LogP contribution is 2.18. The van der Waals surface area contributed by atoms with Crippen molar-refractivity contribution in [2.75, 3.05) is 26.0 Å². The molecule has 0 aromatic carbocycles. The number of amides is 2. The molecule has 1 fully saturated rings. The summed E-state index contributed by atoms with van der Waals surface area (Å²) >= 11 is 0. The zero-order valence-electron chi connectivity index (χ0n) is 10.3. The summed E-state index contributed by atoms with van der Waals surface area (Å²) in [6, 6.07) is 3.38. The van der Waals surface area contributed by atoms with Gasteiger partial charge in [0.2, 0.25) is 17.7 Å². The molecule has 6 heteroatoms. The van der Waals surface area contributed by atoms with E-state index in [0.717, 1.165) is 0 Å². The van der Waals surface area contributed by atoms with Crippen molar-refractivity contribution in [1.82, 2.24) is 9.88 Å². The molecule has 0 saturated carbocycles. The van der Waals surface area contributed by atoms with Crippen LogP contribution in [-0.2, 0) is 9.59 Å². The van der Waals surface area contributed by atoms with Gasteiger partial charge in [0, 0.05) is 26.1 Å². The number of nitrogens with one attached hydrogen (secondary N) is 1. The quantitative estimate of drug-likeness (QED) is 0.847. The Bertz CT molecular complexity index is 458. The number of carbonyl (C=O) groups is 2. The molecule has 1 saturated heterocycles. The summed E-state index contributed by atoms with van der Waals surface area (Å²) in [6.45, 7) is 0.467. The molecule has 96 valence electrons. The van der Waals surface area contributed by atoms with Crippen LogP contribution in [0.1, 0.15) is 6.42 Å². The van der Waals surface area contributed by atoms with Crippen molar-refractivity contribution in [1.29, 1.82) is 0 Å². The number of hydrogen-bond donors (Lipinski definition) is 1. The van der Waals surface area contributed by atoms with Crippen molar-refractivity contribution in [2.24, 2.45) is 5.92 Å². The Labute approximate surface area is 105 Å². The van der Waals surface area contributed by atoms with Crippen molar-refractivity contribution in [2.45, 2.75) is 6.42 Å². The molecule has 2 heterocycles. The molecule has 1 aliphatic heterocycles. The maximum absolute atomic E-state index is 11.9. The first-order valence-electron chi connectivity index (χ1n) is 5.65. The Hall–Kier alpha value is -2.11. The number of hydrogen-bond acceptors (Lipinski definition) is 4. The number of aromatic nitrogens is 1. The summed E-state index contributed by atoms with van der Waals surface area (Å²) in [5.41, 5.74) is 0.600. The van der Waals surface area contributed by atoms with E-state index in [1.54, 1.807) is 24.1 Å². The standard InChI is InChI=1S/C12H15N3O3/c1-15-7-8(5-11(15)16)12(17)14-9-3-4-10(18-2)13-6-9/h3-4,6,8H,5,7H2,1-2H3,(H,14,17). The van der Waals surface area contributed by atoms with Gasteiger partial charge in [-0.2, -0.15) is 0 Å². The first kappa shape index (κ1) is 12.3. The number of anilines is 1. The van der Waals surface area contributed by atoms with Gasteiger partial charge in [-0.15, -0.1) is 0 Å². The van der Waals surface area contributed by atoms with Crippen LogP contribution in [0.4, 0.5) is 5.69 Å². The topological polar surface area (TPSA) is 71.5 Å². The monoisotopic (exact) mass is 249 g/mol. The summed E-state index contributed by atoms with van der Waals surface area (Å²) in [5, 5.41) is 2.74. The van der Waals surface area contributed by atoms with Gasteiger partial charge in [0.05, 0.1) is 24.9 Å². The second-order valence-corrected chi connectivity index (χ2v) is 4.25. The van der Waals surface area contributed by atoms with E-state index in [1.807, 2.05) is 0 Å². The average Bonchev–Trinajstić information content (AvgIpc) is 2.71. The summed E-state index contributed by atoms with van der Waals surface area (Å²) in [6.07, 6.45) is 1.79. The van der Waals surface area contributed by atoms with Crippen molar-refractivity contribution in [3.63, 3.8) is 0 Å². The minimum Gasteiger partial charge on any atom is -0.481 e. The highest BCUT2D eigenvalue weighted by atomic mass is 16.5. The smallest absolute Gasteiger partial charge is 0.229 e. The Kier molecular flexibility index (Phi) is 3.45. The Morgan fingerprint density at radius 1 is 1.56 bits per heavy atom. The fraction of sp³-hybridized carbons (Fsp3) is 0.417. The van der Waals surface area contributed by atoms with Gasteiger partial charge < -0.3 is 15.0 Å². The third kappa shape index (κ3) is 2.58. The van der Waals surface area contributed by atoms with Crippen LogP contribution in [-0.4, -0.2) is 42.4 Å². The molecule has 6 nitrogen and oxygen atoms in total. The molecule has 1 aromatic rings. The molecular weight excluding hydrogens is 234 g/mol. The third-order valence-corrected chi connectivity index (χ3v) is 2.92. The second kappa shape index (κ2) is 5.03. The lowest BCUT2D eigenvalue weighted by Crippen LogP contribution is -2.25. The summed E-state index contributed by atoms with van der Waals surface area (Å²) < 4.78 is 4.93. The molecule has 0 spiro atoms. The molecule has 2 rings (SSSR count). The van der Waals surface area contributed by atoms with Crippen molar-refractivity contribution in [3.05, 3.63) is 18.3 Å². The van der Waals surface area contributed by atoms with Gasteiger partial charge in [0.25, 0.3) is 0 Å². The van der Waals surface area contributed by atoms with Crippen LogP contribution >= 0.6 is 0 Å². The van der Waals surface area contributed by atoms with Crippen LogP contribution in [0.3, 0.4) is 0 Å². The largest absolute Gasteiger partial charge is 0.481 e. The Morgan fingerprint density at radius 2 is 2.33 bits per heavy atom. The highest BCUT2D eigenvalue weighted by molar-refractivity contribution is 5.97. The minimum atomic E-state index is -0.287. The molecule has 1 aromatic heterocycles. The molecule has 1 atom stereocenters. The first-order valence-corrected chi connectivity index (χ1v) is 5.65. The third-order valence-electron chi connectivity index (χ3n) is 2.92. The SMILES string of the molecule is COc1ccc(NC(=O)C2CC(=O)N(C)C2)cn1. The maximum Gasteiger partial charge on any atom is 0.229 e. The van der Waals surface area contributed by atoms with Gasteiger partial charge in [-0.1, -0.05) is 0 Å². The van der Waals surface area contributed by atoms with Crippen LogP contribution in [0.15, 0.2) is 18.3 Å². The fourth-order valence-corrected chi connectivity index (χ4v) is 1.86. The van der Waals surface area contributed by atoms with E-state index in [0.29, 0.717) is 18.1 Å². The lowest BCUT2D eigenvalue weighted by atomic mass is 10.1. The van der Waals surface area contributed by atoms with Crippen LogP contribution in [0.25, 0.3) is 0 Å². The number of carbonyl (C=O) groups excluding carboxylic acids is 2. The minimum absolute atomic E-state index is 0.00278. The van der Waals surface area contributed by atoms with E-state index in [1.165, 1.54) is 13.3 Å². The fourth-order valence-electron chi connectivity index (χ4n) is 1.86. The molecule has 1 aliphatic rings. The Morgan fingerprint density at radius 3 is 2.83 bits per heavy atom. The van der Waals surface area contributed by atoms with Gasteiger partial charge in [-0.05, 0) is 6.07 Å². The van der Waals surface area contributed by atoms with Gasteiger partial charge in [0.15, 0.2) is 0 Å². The molecule has 0 aliphatic carbocycles. The second-order valence-electron chi connectivity index (χ2n) is 4.25. The predicted octanol–water partition coefficient (Wildman–Crippen LogP) is 0.507. The van der Waals surface area contributed by atoms with Crippen LogP contribution in [0, 0.1) is 5.92 Å². The molecule has 0 radical (unpaired) electrons. The van der Waals surface area contributed by atoms with Crippen LogP contribution in [0.5, 0.6) is 5.88 Å². The summed E-state index contributed by atoms with van der Waals surface area (Å²) in [5.74, 6) is 0.0519. The van der Waals surface area contributed by atoms with Gasteiger partial charge in [-0.3, -0.25) is 9.59 Å². The van der Waals surface area contributed by atoms with Gasteiger partial charge >= 0.3 is 0 Å². The van der Waals surface area contributed by atoms with E-state index < -0.39 is 0 Å². The zero-order chi connectivity index (χ0) is 13.1. The molecule has 0 bridgehead atoms. The number of nitrogens with zero attached hydrogens (tertiary/aromatic N) is 2. The van der Waals surface area contributed by atoms with Crippen LogP contribution < -0.4 is 10.1 Å². The summed E-state index contributed by atoms with van der Waals surface area (Å²) in [7, 11) is 3.23. The van der Waals surface area contributed by atoms with Gasteiger partial charge in [0.1, 0.15) is 0 Å². The number of likely N-dealkylation sites (tertiary alicyclic amines) is 1. The van der Waals surface area contributed by atoms with E-state index in [-0.39, 0.29) is 24.2 Å². The average molecular weight is 249 g/mol. The van der Waals surface area contributed by atoms with Crippen LogP contribution in [0.2, 0.25) is 0 Å². The highest BCUT2D eigenvalue weighted by Gasteiger charge is 2.32. The molecule has 1 unspecified atom stereocenters.